The van der Waals surface area contributed by atoms with E-state index in [1.54, 1.807) is 13.0 Å². The average molecular weight is 261 g/mol. The maximum absolute atomic E-state index is 12.4. The van der Waals surface area contributed by atoms with Crippen LogP contribution < -0.4 is 20.7 Å². The monoisotopic (exact) mass is 261 g/mol. The highest BCUT2D eigenvalue weighted by atomic mass is 16.5. The number of nitrogens with two attached hydrogens (primary N) is 1. The van der Waals surface area contributed by atoms with E-state index >= 15 is 0 Å². The summed E-state index contributed by atoms with van der Waals surface area (Å²) < 4.78 is 5.65. The maximum atomic E-state index is 12.4. The van der Waals surface area contributed by atoms with Crippen LogP contribution in [0.15, 0.2) is 18.2 Å². The molecule has 102 valence electrons. The van der Waals surface area contributed by atoms with Gasteiger partial charge in [0.1, 0.15) is 5.75 Å². The molecule has 2 heterocycles. The van der Waals surface area contributed by atoms with Crippen LogP contribution in [0.2, 0.25) is 0 Å². The molecule has 2 aliphatic heterocycles. The minimum atomic E-state index is -0.432. The van der Waals surface area contributed by atoms with E-state index in [9.17, 15) is 4.79 Å². The molecule has 0 spiro atoms. The third-order valence-electron chi connectivity index (χ3n) is 3.77. The van der Waals surface area contributed by atoms with Crippen molar-refractivity contribution in [2.75, 3.05) is 23.7 Å². The van der Waals surface area contributed by atoms with Crippen molar-refractivity contribution < 1.29 is 9.53 Å². The molecule has 5 heteroatoms. The number of carbonyl (C=O) groups excluding carboxylic acids is 1. The molecule has 2 aliphatic rings. The Balaban J connectivity index is 2.01. The van der Waals surface area contributed by atoms with Crippen molar-refractivity contribution in [2.24, 2.45) is 0 Å². The standard InChI is InChI=1S/C14H19N3O2/c1-9-14(18)17(11-3-2-6-16-8-11)12-7-10(15)4-5-13(12)19-9/h4-5,7,9,11,16H,2-3,6,8,15H2,1H3. The van der Waals surface area contributed by atoms with Gasteiger partial charge in [-0.15, -0.1) is 0 Å². The Morgan fingerprint density at radius 3 is 3.05 bits per heavy atom. The van der Waals surface area contributed by atoms with Gasteiger partial charge < -0.3 is 20.7 Å². The molecule has 1 saturated heterocycles. The van der Waals surface area contributed by atoms with Gasteiger partial charge in [-0.3, -0.25) is 4.79 Å². The molecule has 0 radical (unpaired) electrons. The van der Waals surface area contributed by atoms with Crippen LogP contribution in [-0.4, -0.2) is 31.1 Å². The maximum Gasteiger partial charge on any atom is 0.268 e. The normalized spacial score (nSPS) is 26.8. The first-order valence-corrected chi connectivity index (χ1v) is 6.77. The summed E-state index contributed by atoms with van der Waals surface area (Å²) in [4.78, 5) is 14.3. The van der Waals surface area contributed by atoms with E-state index in [0.717, 1.165) is 37.4 Å². The second kappa shape index (κ2) is 4.74. The number of hydrogen-bond acceptors (Lipinski definition) is 4. The fraction of sp³-hybridized carbons (Fsp3) is 0.500. The number of nitrogens with one attached hydrogen (secondary N) is 1. The van der Waals surface area contributed by atoms with E-state index in [2.05, 4.69) is 5.32 Å². The van der Waals surface area contributed by atoms with Crippen LogP contribution in [0, 0.1) is 0 Å². The molecule has 3 N–H and O–H groups in total. The lowest BCUT2D eigenvalue weighted by Gasteiger charge is -2.40. The zero-order valence-electron chi connectivity index (χ0n) is 11.1. The second-order valence-electron chi connectivity index (χ2n) is 5.20. The molecule has 19 heavy (non-hydrogen) atoms. The molecule has 0 saturated carbocycles. The van der Waals surface area contributed by atoms with Crippen LogP contribution in [0.1, 0.15) is 19.8 Å². The molecule has 2 atom stereocenters. The van der Waals surface area contributed by atoms with Gasteiger partial charge in [-0.05, 0) is 44.5 Å². The number of piperidine rings is 1. The lowest BCUT2D eigenvalue weighted by Crippen LogP contribution is -2.54. The highest BCUT2D eigenvalue weighted by Gasteiger charge is 2.36. The van der Waals surface area contributed by atoms with E-state index in [1.165, 1.54) is 0 Å². The second-order valence-corrected chi connectivity index (χ2v) is 5.20. The predicted octanol–water partition coefficient (Wildman–Crippen LogP) is 1.13. The summed E-state index contributed by atoms with van der Waals surface area (Å²) in [5.74, 6) is 0.763. The zero-order valence-corrected chi connectivity index (χ0v) is 11.1. The Kier molecular flexibility index (Phi) is 3.06. The molecule has 1 aromatic carbocycles. The highest BCUT2D eigenvalue weighted by molar-refractivity contribution is 6.00. The Morgan fingerprint density at radius 2 is 2.32 bits per heavy atom. The predicted molar refractivity (Wildman–Crippen MR) is 74.3 cm³/mol. The number of carbonyl (C=O) groups is 1. The van der Waals surface area contributed by atoms with Crippen LogP contribution in [0.5, 0.6) is 5.75 Å². The number of rotatable bonds is 1. The number of fused-ring (bicyclic) bond motifs is 1. The van der Waals surface area contributed by atoms with E-state index in [0.29, 0.717) is 5.69 Å². The SMILES string of the molecule is CC1Oc2ccc(N)cc2N(C2CCCNC2)C1=O. The van der Waals surface area contributed by atoms with Gasteiger partial charge in [-0.1, -0.05) is 0 Å². The highest BCUT2D eigenvalue weighted by Crippen LogP contribution is 2.37. The molecule has 0 aromatic heterocycles. The average Bonchev–Trinajstić information content (AvgIpc) is 2.42. The van der Waals surface area contributed by atoms with Crippen molar-refractivity contribution in [2.45, 2.75) is 31.9 Å². The van der Waals surface area contributed by atoms with E-state index in [1.807, 2.05) is 17.0 Å². The van der Waals surface area contributed by atoms with Crippen molar-refractivity contribution in [3.8, 4) is 5.75 Å². The molecule has 3 rings (SSSR count). The van der Waals surface area contributed by atoms with Gasteiger partial charge in [0.25, 0.3) is 5.91 Å². The first-order valence-electron chi connectivity index (χ1n) is 6.77. The van der Waals surface area contributed by atoms with Gasteiger partial charge in [0.2, 0.25) is 0 Å². The summed E-state index contributed by atoms with van der Waals surface area (Å²) in [6, 6.07) is 5.66. The smallest absolute Gasteiger partial charge is 0.268 e. The van der Waals surface area contributed by atoms with Gasteiger partial charge >= 0.3 is 0 Å². The third kappa shape index (κ3) is 2.14. The summed E-state index contributed by atoms with van der Waals surface area (Å²) in [5.41, 5.74) is 7.30. The molecule has 1 amide bonds. The Labute approximate surface area is 112 Å². The first kappa shape index (κ1) is 12.3. The molecule has 0 bridgehead atoms. The Morgan fingerprint density at radius 1 is 1.47 bits per heavy atom. The minimum absolute atomic E-state index is 0.0202. The van der Waals surface area contributed by atoms with E-state index < -0.39 is 6.10 Å². The summed E-state index contributed by atoms with van der Waals surface area (Å²) in [5, 5.41) is 3.35. The van der Waals surface area contributed by atoms with Crippen LogP contribution in [-0.2, 0) is 4.79 Å². The van der Waals surface area contributed by atoms with Gasteiger partial charge in [0.05, 0.1) is 5.69 Å². The van der Waals surface area contributed by atoms with Crippen LogP contribution >= 0.6 is 0 Å². The molecule has 2 unspecified atom stereocenters. The lowest BCUT2D eigenvalue weighted by atomic mass is 10.0. The number of hydrogen-bond donors (Lipinski definition) is 2. The van der Waals surface area contributed by atoms with Gasteiger partial charge in [0, 0.05) is 18.3 Å². The summed E-state index contributed by atoms with van der Waals surface area (Å²) in [6.07, 6.45) is 1.67. The molecule has 5 nitrogen and oxygen atoms in total. The van der Waals surface area contributed by atoms with Crippen LogP contribution in [0.25, 0.3) is 0 Å². The van der Waals surface area contributed by atoms with Crippen LogP contribution in [0.3, 0.4) is 0 Å². The number of nitrogens with zero attached hydrogens (tertiary/aromatic N) is 1. The summed E-state index contributed by atoms with van der Waals surface area (Å²) in [7, 11) is 0. The van der Waals surface area contributed by atoms with Crippen molar-refractivity contribution in [1.29, 1.82) is 0 Å². The van der Waals surface area contributed by atoms with Crippen molar-refractivity contribution in [1.82, 2.24) is 5.32 Å². The Bertz CT molecular complexity index is 497. The van der Waals surface area contributed by atoms with E-state index in [-0.39, 0.29) is 11.9 Å². The number of amides is 1. The zero-order chi connectivity index (χ0) is 13.4. The van der Waals surface area contributed by atoms with Crippen molar-refractivity contribution in [3.63, 3.8) is 0 Å². The van der Waals surface area contributed by atoms with Crippen LogP contribution in [0.4, 0.5) is 11.4 Å². The first-order chi connectivity index (χ1) is 9.16. The topological polar surface area (TPSA) is 67.6 Å². The van der Waals surface area contributed by atoms with Gasteiger partial charge in [-0.25, -0.2) is 0 Å². The fourth-order valence-corrected chi connectivity index (χ4v) is 2.81. The Hall–Kier alpha value is -1.75. The molecule has 0 aliphatic carbocycles. The lowest BCUT2D eigenvalue weighted by molar-refractivity contribution is -0.126. The van der Waals surface area contributed by atoms with Crippen molar-refractivity contribution in [3.05, 3.63) is 18.2 Å². The molecular weight excluding hydrogens is 242 g/mol. The molecule has 1 aromatic rings. The summed E-state index contributed by atoms with van der Waals surface area (Å²) >= 11 is 0. The number of nitrogen functional groups attached to an aromatic ring is 1. The largest absolute Gasteiger partial charge is 0.479 e. The number of ether oxygens (including phenoxy) is 1. The summed E-state index contributed by atoms with van der Waals surface area (Å²) in [6.45, 7) is 3.64. The van der Waals surface area contributed by atoms with E-state index in [4.69, 9.17) is 10.5 Å². The van der Waals surface area contributed by atoms with Crippen molar-refractivity contribution >= 4 is 17.3 Å². The number of anilines is 2. The minimum Gasteiger partial charge on any atom is -0.479 e. The number of benzene rings is 1. The quantitative estimate of drug-likeness (QED) is 0.744. The molecular formula is C14H19N3O2. The third-order valence-corrected chi connectivity index (χ3v) is 3.77. The van der Waals surface area contributed by atoms with Gasteiger partial charge in [-0.2, -0.15) is 0 Å². The fourth-order valence-electron chi connectivity index (χ4n) is 2.81. The van der Waals surface area contributed by atoms with Gasteiger partial charge in [0.15, 0.2) is 6.10 Å². The molecule has 1 fully saturated rings.